The van der Waals surface area contributed by atoms with E-state index in [1.54, 1.807) is 0 Å². The minimum atomic E-state index is -3.17. The lowest BCUT2D eigenvalue weighted by molar-refractivity contribution is 0.601. The SMILES string of the molecule is CS(=O)(=O)c1nc2ccc(I)cc2s1. The van der Waals surface area contributed by atoms with Crippen molar-refractivity contribution in [2.24, 2.45) is 0 Å². The minimum Gasteiger partial charge on any atom is -0.225 e. The molecule has 0 spiro atoms. The van der Waals surface area contributed by atoms with Gasteiger partial charge in [0.15, 0.2) is 0 Å². The predicted octanol–water partition coefficient (Wildman–Crippen LogP) is 2.30. The Morgan fingerprint density at radius 3 is 2.79 bits per heavy atom. The van der Waals surface area contributed by atoms with Gasteiger partial charge < -0.3 is 0 Å². The van der Waals surface area contributed by atoms with Gasteiger partial charge in [-0.15, -0.1) is 11.3 Å². The first-order valence-corrected chi connectivity index (χ1v) is 7.51. The van der Waals surface area contributed by atoms with Crippen molar-refractivity contribution in [1.29, 1.82) is 0 Å². The number of thiazole rings is 1. The Morgan fingerprint density at radius 1 is 1.43 bits per heavy atom. The van der Waals surface area contributed by atoms with Crippen molar-refractivity contribution in [2.75, 3.05) is 6.26 Å². The lowest BCUT2D eigenvalue weighted by Crippen LogP contribution is -1.94. The summed E-state index contributed by atoms with van der Waals surface area (Å²) in [6.45, 7) is 0. The summed E-state index contributed by atoms with van der Waals surface area (Å²) in [7, 11) is -3.17. The summed E-state index contributed by atoms with van der Waals surface area (Å²) >= 11 is 3.40. The van der Waals surface area contributed by atoms with Gasteiger partial charge in [-0.2, -0.15) is 0 Å². The van der Waals surface area contributed by atoms with Crippen LogP contribution in [0.2, 0.25) is 0 Å². The Hall–Kier alpha value is -0.210. The van der Waals surface area contributed by atoms with Crippen LogP contribution in [0.4, 0.5) is 0 Å². The van der Waals surface area contributed by atoms with Gasteiger partial charge in [0.2, 0.25) is 14.2 Å². The lowest BCUT2D eigenvalue weighted by atomic mass is 10.3. The molecule has 0 aliphatic rings. The van der Waals surface area contributed by atoms with E-state index in [1.165, 1.54) is 17.6 Å². The topological polar surface area (TPSA) is 47.0 Å². The van der Waals surface area contributed by atoms with Gasteiger partial charge in [0.25, 0.3) is 0 Å². The zero-order valence-corrected chi connectivity index (χ0v) is 11.0. The Balaban J connectivity index is 2.75. The number of sulfone groups is 1. The van der Waals surface area contributed by atoms with Gasteiger partial charge in [-0.1, -0.05) is 0 Å². The molecule has 0 aliphatic heterocycles. The zero-order valence-electron chi connectivity index (χ0n) is 7.19. The standard InChI is InChI=1S/C8H6INO2S2/c1-14(11,12)8-10-6-3-2-5(9)4-7(6)13-8/h2-4H,1H3. The Kier molecular flexibility index (Phi) is 2.52. The number of halogens is 1. The lowest BCUT2D eigenvalue weighted by Gasteiger charge is -1.86. The second-order valence-corrected chi connectivity index (χ2v) is 7.33. The van der Waals surface area contributed by atoms with Crippen molar-refractivity contribution in [3.63, 3.8) is 0 Å². The maximum Gasteiger partial charge on any atom is 0.210 e. The summed E-state index contributed by atoms with van der Waals surface area (Å²) in [6.07, 6.45) is 1.18. The average molecular weight is 339 g/mol. The van der Waals surface area contributed by atoms with Crippen molar-refractivity contribution in [3.8, 4) is 0 Å². The highest BCUT2D eigenvalue weighted by molar-refractivity contribution is 14.1. The number of benzene rings is 1. The summed E-state index contributed by atoms with van der Waals surface area (Å²) in [5.74, 6) is 0. The number of fused-ring (bicyclic) bond motifs is 1. The van der Waals surface area contributed by atoms with Crippen molar-refractivity contribution in [1.82, 2.24) is 4.98 Å². The molecule has 6 heteroatoms. The fraction of sp³-hybridized carbons (Fsp3) is 0.125. The summed E-state index contributed by atoms with van der Waals surface area (Å²) < 4.78 is 24.7. The molecule has 0 atom stereocenters. The Morgan fingerprint density at radius 2 is 2.14 bits per heavy atom. The Bertz CT molecular complexity index is 588. The van der Waals surface area contributed by atoms with Gasteiger partial charge in [0, 0.05) is 9.83 Å². The molecule has 0 saturated carbocycles. The molecule has 0 N–H and O–H groups in total. The fourth-order valence-corrected chi connectivity index (χ4v) is 3.61. The molecule has 14 heavy (non-hydrogen) atoms. The fourth-order valence-electron chi connectivity index (χ4n) is 1.04. The molecule has 2 rings (SSSR count). The van der Waals surface area contributed by atoms with Crippen LogP contribution >= 0.6 is 33.9 Å². The third-order valence-electron chi connectivity index (χ3n) is 1.65. The van der Waals surface area contributed by atoms with E-state index < -0.39 is 9.84 Å². The third-order valence-corrected chi connectivity index (χ3v) is 5.02. The minimum absolute atomic E-state index is 0.189. The van der Waals surface area contributed by atoms with Gasteiger partial charge >= 0.3 is 0 Å². The first-order chi connectivity index (χ1) is 6.47. The second-order valence-electron chi connectivity index (χ2n) is 2.86. The van der Waals surface area contributed by atoms with E-state index in [-0.39, 0.29) is 4.34 Å². The molecule has 0 aliphatic carbocycles. The van der Waals surface area contributed by atoms with E-state index in [0.717, 1.165) is 13.8 Å². The number of aromatic nitrogens is 1. The van der Waals surface area contributed by atoms with Crippen molar-refractivity contribution in [2.45, 2.75) is 4.34 Å². The molecule has 2 aromatic rings. The summed E-state index contributed by atoms with van der Waals surface area (Å²) in [4.78, 5) is 4.05. The first kappa shape index (κ1) is 10.3. The number of hydrogen-bond donors (Lipinski definition) is 0. The smallest absolute Gasteiger partial charge is 0.210 e. The van der Waals surface area contributed by atoms with Crippen LogP contribution in [0.1, 0.15) is 0 Å². The molecule has 74 valence electrons. The molecule has 0 unspecified atom stereocenters. The molecule has 0 radical (unpaired) electrons. The molecule has 0 saturated heterocycles. The summed E-state index contributed by atoms with van der Waals surface area (Å²) in [5.41, 5.74) is 0.746. The normalized spacial score (nSPS) is 12.1. The first-order valence-electron chi connectivity index (χ1n) is 3.73. The molecule has 1 aromatic carbocycles. The van der Waals surface area contributed by atoms with Crippen LogP contribution in [-0.2, 0) is 9.84 Å². The van der Waals surface area contributed by atoms with Gasteiger partial charge in [-0.05, 0) is 40.8 Å². The van der Waals surface area contributed by atoms with Crippen LogP contribution in [0, 0.1) is 3.57 Å². The number of nitrogens with zero attached hydrogens (tertiary/aromatic N) is 1. The van der Waals surface area contributed by atoms with E-state index in [1.807, 2.05) is 18.2 Å². The molecule has 0 amide bonds. The molecular formula is C8H6INO2S2. The summed E-state index contributed by atoms with van der Waals surface area (Å²) in [5, 5.41) is 0. The van der Waals surface area contributed by atoms with E-state index in [9.17, 15) is 8.42 Å². The predicted molar refractivity (Wildman–Crippen MR) is 65.4 cm³/mol. The van der Waals surface area contributed by atoms with Crippen molar-refractivity contribution in [3.05, 3.63) is 21.8 Å². The van der Waals surface area contributed by atoms with Crippen molar-refractivity contribution >= 4 is 54.0 Å². The maximum absolute atomic E-state index is 11.2. The molecule has 1 heterocycles. The Labute approximate surface area is 99.2 Å². The highest BCUT2D eigenvalue weighted by atomic mass is 127. The van der Waals surface area contributed by atoms with Crippen LogP contribution in [0.5, 0.6) is 0 Å². The van der Waals surface area contributed by atoms with E-state index in [4.69, 9.17) is 0 Å². The molecule has 0 bridgehead atoms. The van der Waals surface area contributed by atoms with Crippen LogP contribution in [-0.4, -0.2) is 19.7 Å². The van der Waals surface area contributed by atoms with Gasteiger partial charge in [0.05, 0.1) is 10.2 Å². The largest absolute Gasteiger partial charge is 0.225 e. The van der Waals surface area contributed by atoms with Crippen LogP contribution in [0.3, 0.4) is 0 Å². The highest BCUT2D eigenvalue weighted by Crippen LogP contribution is 2.26. The van der Waals surface area contributed by atoms with Gasteiger partial charge in [-0.25, -0.2) is 13.4 Å². The molecule has 0 fully saturated rings. The van der Waals surface area contributed by atoms with E-state index >= 15 is 0 Å². The summed E-state index contributed by atoms with van der Waals surface area (Å²) in [6, 6.07) is 5.68. The molecular weight excluding hydrogens is 333 g/mol. The maximum atomic E-state index is 11.2. The third kappa shape index (κ3) is 1.91. The van der Waals surface area contributed by atoms with Crippen molar-refractivity contribution < 1.29 is 8.42 Å². The zero-order chi connectivity index (χ0) is 10.3. The van der Waals surface area contributed by atoms with Crippen LogP contribution in [0.25, 0.3) is 10.2 Å². The molecule has 3 nitrogen and oxygen atoms in total. The number of hydrogen-bond acceptors (Lipinski definition) is 4. The van der Waals surface area contributed by atoms with E-state index in [2.05, 4.69) is 27.6 Å². The molecule has 1 aromatic heterocycles. The quantitative estimate of drug-likeness (QED) is 0.749. The highest BCUT2D eigenvalue weighted by Gasteiger charge is 2.13. The van der Waals surface area contributed by atoms with Gasteiger partial charge in [0.1, 0.15) is 0 Å². The van der Waals surface area contributed by atoms with Gasteiger partial charge in [-0.3, -0.25) is 0 Å². The van der Waals surface area contributed by atoms with Crippen LogP contribution < -0.4 is 0 Å². The van der Waals surface area contributed by atoms with E-state index in [0.29, 0.717) is 0 Å². The second kappa shape index (κ2) is 3.42. The average Bonchev–Trinajstić information content (AvgIpc) is 2.45. The number of rotatable bonds is 1. The van der Waals surface area contributed by atoms with Crippen LogP contribution in [0.15, 0.2) is 22.5 Å². The monoisotopic (exact) mass is 339 g/mol.